The Bertz CT molecular complexity index is 1120. The van der Waals surface area contributed by atoms with E-state index in [0.29, 0.717) is 16.8 Å². The Balaban J connectivity index is 1.83. The van der Waals surface area contributed by atoms with Crippen molar-refractivity contribution in [3.05, 3.63) is 99.5 Å². The van der Waals surface area contributed by atoms with Crippen LogP contribution in [0.1, 0.15) is 34.5 Å². The predicted molar refractivity (Wildman–Crippen MR) is 120 cm³/mol. The summed E-state index contributed by atoms with van der Waals surface area (Å²) in [5.41, 5.74) is 4.68. The fourth-order valence-electron chi connectivity index (χ4n) is 3.50. The van der Waals surface area contributed by atoms with Gasteiger partial charge in [0.15, 0.2) is 5.78 Å². The third-order valence-electron chi connectivity index (χ3n) is 4.83. The highest BCUT2D eigenvalue weighted by molar-refractivity contribution is 9.10. The standard InChI is InChI=1S/C24H19BrN2O2/c1-15(28)26-22-9-5-3-7-19(22)23-20(14-17-6-2-4-8-21(17)27-23)24(29)16-10-12-18(25)13-11-16/h2-14,23,27H,1H3,(H,26,28)/t23-/m0/s1. The Morgan fingerprint density at radius 3 is 2.38 bits per heavy atom. The van der Waals surface area contributed by atoms with Gasteiger partial charge in [0, 0.05) is 39.5 Å². The van der Waals surface area contributed by atoms with Crippen LogP contribution in [0.25, 0.3) is 6.08 Å². The zero-order chi connectivity index (χ0) is 20.4. The largest absolute Gasteiger partial charge is 0.373 e. The molecule has 2 N–H and O–H groups in total. The first-order valence-electron chi connectivity index (χ1n) is 9.27. The summed E-state index contributed by atoms with van der Waals surface area (Å²) >= 11 is 3.41. The normalized spacial score (nSPS) is 15.0. The van der Waals surface area contributed by atoms with Gasteiger partial charge in [0.25, 0.3) is 0 Å². The molecule has 0 aliphatic carbocycles. The van der Waals surface area contributed by atoms with E-state index < -0.39 is 0 Å². The Hall–Kier alpha value is -3.18. The number of para-hydroxylation sites is 2. The van der Waals surface area contributed by atoms with Gasteiger partial charge in [-0.05, 0) is 48.0 Å². The second kappa shape index (κ2) is 8.05. The van der Waals surface area contributed by atoms with Crippen molar-refractivity contribution in [2.75, 3.05) is 10.6 Å². The van der Waals surface area contributed by atoms with E-state index in [0.717, 1.165) is 21.3 Å². The van der Waals surface area contributed by atoms with Gasteiger partial charge in [0.05, 0.1) is 6.04 Å². The van der Waals surface area contributed by atoms with Gasteiger partial charge >= 0.3 is 0 Å². The summed E-state index contributed by atoms with van der Waals surface area (Å²) < 4.78 is 0.919. The second-order valence-electron chi connectivity index (χ2n) is 6.87. The zero-order valence-corrected chi connectivity index (χ0v) is 17.4. The lowest BCUT2D eigenvalue weighted by atomic mass is 9.87. The highest BCUT2D eigenvalue weighted by Crippen LogP contribution is 2.39. The Morgan fingerprint density at radius 1 is 0.931 bits per heavy atom. The first kappa shape index (κ1) is 19.2. The quantitative estimate of drug-likeness (QED) is 0.494. The summed E-state index contributed by atoms with van der Waals surface area (Å²) in [6.07, 6.45) is 1.94. The summed E-state index contributed by atoms with van der Waals surface area (Å²) in [4.78, 5) is 25.1. The van der Waals surface area contributed by atoms with Crippen LogP contribution in [-0.2, 0) is 4.79 Å². The number of nitrogens with one attached hydrogen (secondary N) is 2. The monoisotopic (exact) mass is 446 g/mol. The van der Waals surface area contributed by atoms with Crippen LogP contribution in [0.3, 0.4) is 0 Å². The van der Waals surface area contributed by atoms with E-state index in [1.807, 2.05) is 78.9 Å². The first-order valence-corrected chi connectivity index (χ1v) is 10.1. The molecule has 4 nitrogen and oxygen atoms in total. The molecule has 1 aliphatic heterocycles. The van der Waals surface area contributed by atoms with E-state index in [1.165, 1.54) is 6.92 Å². The molecule has 144 valence electrons. The highest BCUT2D eigenvalue weighted by atomic mass is 79.9. The minimum atomic E-state index is -0.385. The molecule has 1 amide bonds. The van der Waals surface area contributed by atoms with Crippen LogP contribution in [-0.4, -0.2) is 11.7 Å². The molecule has 1 atom stereocenters. The number of hydrogen-bond acceptors (Lipinski definition) is 3. The van der Waals surface area contributed by atoms with Crippen molar-refractivity contribution in [1.29, 1.82) is 0 Å². The number of Topliss-reactive ketones (excluding diaryl/α,β-unsaturated/α-hetero) is 1. The lowest BCUT2D eigenvalue weighted by Crippen LogP contribution is -2.24. The minimum Gasteiger partial charge on any atom is -0.373 e. The number of carbonyl (C=O) groups is 2. The molecule has 1 aliphatic rings. The van der Waals surface area contributed by atoms with Crippen LogP contribution in [0.5, 0.6) is 0 Å². The van der Waals surface area contributed by atoms with Crippen molar-refractivity contribution < 1.29 is 9.59 Å². The highest BCUT2D eigenvalue weighted by Gasteiger charge is 2.29. The van der Waals surface area contributed by atoms with Crippen LogP contribution >= 0.6 is 15.9 Å². The lowest BCUT2D eigenvalue weighted by Gasteiger charge is -2.29. The number of benzene rings is 3. The van der Waals surface area contributed by atoms with Gasteiger partial charge in [-0.3, -0.25) is 9.59 Å². The van der Waals surface area contributed by atoms with E-state index in [4.69, 9.17) is 0 Å². The fraction of sp³-hybridized carbons (Fsp3) is 0.0833. The Morgan fingerprint density at radius 2 is 1.62 bits per heavy atom. The van der Waals surface area contributed by atoms with Crippen molar-refractivity contribution in [1.82, 2.24) is 0 Å². The number of amides is 1. The average Bonchev–Trinajstić information content (AvgIpc) is 2.73. The maximum Gasteiger partial charge on any atom is 0.221 e. The molecule has 0 saturated carbocycles. The lowest BCUT2D eigenvalue weighted by molar-refractivity contribution is -0.114. The molecule has 0 bridgehead atoms. The predicted octanol–water partition coefficient (Wildman–Crippen LogP) is 5.84. The smallest absolute Gasteiger partial charge is 0.221 e. The molecule has 3 aromatic rings. The number of halogens is 1. The Kier molecular flexibility index (Phi) is 5.32. The van der Waals surface area contributed by atoms with Crippen LogP contribution in [0, 0.1) is 0 Å². The van der Waals surface area contributed by atoms with Crippen molar-refractivity contribution >= 4 is 45.1 Å². The second-order valence-corrected chi connectivity index (χ2v) is 7.78. The fourth-order valence-corrected chi connectivity index (χ4v) is 3.76. The minimum absolute atomic E-state index is 0.0536. The molecule has 3 aromatic carbocycles. The van der Waals surface area contributed by atoms with Crippen LogP contribution < -0.4 is 10.6 Å². The van der Waals surface area contributed by atoms with Crippen molar-refractivity contribution in [2.45, 2.75) is 13.0 Å². The molecule has 0 unspecified atom stereocenters. The molecule has 0 spiro atoms. The van der Waals surface area contributed by atoms with Gasteiger partial charge in [-0.25, -0.2) is 0 Å². The van der Waals surface area contributed by atoms with Crippen LogP contribution in [0.2, 0.25) is 0 Å². The average molecular weight is 447 g/mol. The molecule has 29 heavy (non-hydrogen) atoms. The maximum absolute atomic E-state index is 13.4. The van der Waals surface area contributed by atoms with E-state index in [2.05, 4.69) is 26.6 Å². The van der Waals surface area contributed by atoms with Crippen molar-refractivity contribution in [2.24, 2.45) is 0 Å². The van der Waals surface area contributed by atoms with E-state index in [9.17, 15) is 9.59 Å². The third kappa shape index (κ3) is 4.00. The summed E-state index contributed by atoms with van der Waals surface area (Å²) in [5, 5.41) is 6.37. The molecular formula is C24H19BrN2O2. The Labute approximate surface area is 177 Å². The number of hydrogen-bond donors (Lipinski definition) is 2. The molecule has 4 rings (SSSR count). The molecule has 0 radical (unpaired) electrons. The number of fused-ring (bicyclic) bond motifs is 1. The SMILES string of the molecule is CC(=O)Nc1ccccc1[C@@H]1Nc2ccccc2C=C1C(=O)c1ccc(Br)cc1. The van der Waals surface area contributed by atoms with E-state index in [-0.39, 0.29) is 17.7 Å². The molecular weight excluding hydrogens is 428 g/mol. The maximum atomic E-state index is 13.4. The summed E-state index contributed by atoms with van der Waals surface area (Å²) in [7, 11) is 0. The molecule has 0 aromatic heterocycles. The van der Waals surface area contributed by atoms with Crippen molar-refractivity contribution in [3.63, 3.8) is 0 Å². The van der Waals surface area contributed by atoms with E-state index in [1.54, 1.807) is 0 Å². The van der Waals surface area contributed by atoms with Gasteiger partial charge in [0.1, 0.15) is 0 Å². The van der Waals surface area contributed by atoms with Crippen molar-refractivity contribution in [3.8, 4) is 0 Å². The topological polar surface area (TPSA) is 58.2 Å². The molecule has 1 heterocycles. The van der Waals surface area contributed by atoms with E-state index >= 15 is 0 Å². The first-order chi connectivity index (χ1) is 14.0. The zero-order valence-electron chi connectivity index (χ0n) is 15.8. The number of ketones is 1. The van der Waals surface area contributed by atoms with Gasteiger partial charge < -0.3 is 10.6 Å². The number of anilines is 2. The van der Waals surface area contributed by atoms with Crippen LogP contribution in [0.15, 0.2) is 82.8 Å². The molecule has 5 heteroatoms. The molecule has 0 fully saturated rings. The van der Waals surface area contributed by atoms with Crippen LogP contribution in [0.4, 0.5) is 11.4 Å². The number of rotatable bonds is 4. The summed E-state index contributed by atoms with van der Waals surface area (Å²) in [6.45, 7) is 1.48. The van der Waals surface area contributed by atoms with Gasteiger partial charge in [-0.1, -0.05) is 52.3 Å². The summed E-state index contributed by atoms with van der Waals surface area (Å²) in [6, 6.07) is 22.4. The van der Waals surface area contributed by atoms with Gasteiger partial charge in [0.2, 0.25) is 5.91 Å². The molecule has 0 saturated heterocycles. The summed E-state index contributed by atoms with van der Waals surface area (Å²) in [5.74, 6) is -0.208. The third-order valence-corrected chi connectivity index (χ3v) is 5.36. The number of carbonyl (C=O) groups excluding carboxylic acids is 2. The van der Waals surface area contributed by atoms with Gasteiger partial charge in [-0.15, -0.1) is 0 Å². The van der Waals surface area contributed by atoms with Gasteiger partial charge in [-0.2, -0.15) is 0 Å².